The van der Waals surface area contributed by atoms with Crippen LogP contribution >= 0.6 is 0 Å². The van der Waals surface area contributed by atoms with Gasteiger partial charge in [0.25, 0.3) is 0 Å². The Bertz CT molecular complexity index is 2430. The molecule has 4 aromatic heterocycles. The largest absolute Gasteiger partial charge is 0.309 e. The zero-order valence-corrected chi connectivity index (χ0v) is 23.8. The number of para-hydroxylation sites is 3. The second-order valence-corrected chi connectivity index (χ2v) is 11.1. The molecule has 0 aliphatic rings. The fraction of sp³-hybridized carbons (Fsp3) is 0. The minimum Gasteiger partial charge on any atom is -0.309 e. The van der Waals surface area contributed by atoms with Gasteiger partial charge in [-0.25, -0.2) is 4.98 Å². The average molecular weight is 563 g/mol. The Morgan fingerprint density at radius 1 is 0.386 bits per heavy atom. The van der Waals surface area contributed by atoms with Crippen molar-refractivity contribution in [1.82, 2.24) is 19.1 Å². The molecular formula is C40H26N4. The number of hydrogen-bond donors (Lipinski definition) is 0. The van der Waals surface area contributed by atoms with Crippen LogP contribution in [0, 0.1) is 0 Å². The second kappa shape index (κ2) is 9.79. The van der Waals surface area contributed by atoms with Gasteiger partial charge in [-0.3, -0.25) is 9.55 Å². The molecule has 0 bridgehead atoms. The molecule has 0 amide bonds. The van der Waals surface area contributed by atoms with Crippen LogP contribution in [0.4, 0.5) is 0 Å². The van der Waals surface area contributed by atoms with Gasteiger partial charge in [0.1, 0.15) is 5.82 Å². The lowest BCUT2D eigenvalue weighted by Crippen LogP contribution is -1.99. The van der Waals surface area contributed by atoms with E-state index in [2.05, 4.69) is 143 Å². The summed E-state index contributed by atoms with van der Waals surface area (Å²) in [6, 6.07) is 53.3. The van der Waals surface area contributed by atoms with Gasteiger partial charge in [0.2, 0.25) is 0 Å². The molecule has 4 heteroatoms. The van der Waals surface area contributed by atoms with E-state index in [0.717, 1.165) is 45.1 Å². The molecule has 0 unspecified atom stereocenters. The van der Waals surface area contributed by atoms with E-state index in [1.807, 2.05) is 24.4 Å². The fourth-order valence-electron chi connectivity index (χ4n) is 6.58. The smallest absolute Gasteiger partial charge is 0.138 e. The van der Waals surface area contributed by atoms with Gasteiger partial charge < -0.3 is 4.57 Å². The predicted molar refractivity (Wildman–Crippen MR) is 182 cm³/mol. The quantitative estimate of drug-likeness (QED) is 0.214. The molecule has 5 aromatic carbocycles. The SMILES string of the molecule is c1ccc(-c2ccc(-c3cccc(-n4c5ccccc5c5cc(-n6c7ccccc7c7ccccc76)ccc54)n3)cn2)cc1. The van der Waals surface area contributed by atoms with Crippen molar-refractivity contribution in [3.05, 3.63) is 158 Å². The summed E-state index contributed by atoms with van der Waals surface area (Å²) in [5, 5.41) is 4.92. The Kier molecular flexibility index (Phi) is 5.47. The molecule has 4 heterocycles. The minimum atomic E-state index is 0.880. The summed E-state index contributed by atoms with van der Waals surface area (Å²) in [7, 11) is 0. The maximum absolute atomic E-state index is 5.16. The third-order valence-electron chi connectivity index (χ3n) is 8.59. The van der Waals surface area contributed by atoms with Gasteiger partial charge in [-0.05, 0) is 60.7 Å². The molecule has 4 nitrogen and oxygen atoms in total. The molecule has 0 aliphatic heterocycles. The van der Waals surface area contributed by atoms with E-state index in [9.17, 15) is 0 Å². The summed E-state index contributed by atoms with van der Waals surface area (Å²) in [5.41, 5.74) is 9.74. The van der Waals surface area contributed by atoms with Gasteiger partial charge in [-0.2, -0.15) is 0 Å². The van der Waals surface area contributed by atoms with Gasteiger partial charge in [0.15, 0.2) is 0 Å². The average Bonchev–Trinajstić information content (AvgIpc) is 3.61. The molecule has 9 aromatic rings. The minimum absolute atomic E-state index is 0.880. The van der Waals surface area contributed by atoms with Crippen molar-refractivity contribution < 1.29 is 0 Å². The van der Waals surface area contributed by atoms with Crippen LogP contribution in [0.1, 0.15) is 0 Å². The summed E-state index contributed by atoms with van der Waals surface area (Å²) in [5.74, 6) is 0.880. The third-order valence-corrected chi connectivity index (χ3v) is 8.59. The van der Waals surface area contributed by atoms with E-state index in [4.69, 9.17) is 9.97 Å². The zero-order valence-electron chi connectivity index (χ0n) is 23.8. The summed E-state index contributed by atoms with van der Waals surface area (Å²) in [6.07, 6.45) is 1.92. The molecule has 0 saturated heterocycles. The van der Waals surface area contributed by atoms with Crippen molar-refractivity contribution in [2.24, 2.45) is 0 Å². The highest BCUT2D eigenvalue weighted by Crippen LogP contribution is 2.36. The monoisotopic (exact) mass is 562 g/mol. The topological polar surface area (TPSA) is 35.6 Å². The van der Waals surface area contributed by atoms with Crippen LogP contribution in [-0.4, -0.2) is 19.1 Å². The van der Waals surface area contributed by atoms with Crippen LogP contribution in [0.15, 0.2) is 158 Å². The number of aromatic nitrogens is 4. The van der Waals surface area contributed by atoms with E-state index in [0.29, 0.717) is 0 Å². The molecule has 206 valence electrons. The van der Waals surface area contributed by atoms with Crippen molar-refractivity contribution in [3.8, 4) is 34.0 Å². The molecule has 0 saturated carbocycles. The first-order chi connectivity index (χ1) is 21.8. The molecular weight excluding hydrogens is 536 g/mol. The number of benzene rings is 5. The van der Waals surface area contributed by atoms with Crippen molar-refractivity contribution in [3.63, 3.8) is 0 Å². The Balaban J connectivity index is 1.20. The lowest BCUT2D eigenvalue weighted by Gasteiger charge is -2.11. The zero-order chi connectivity index (χ0) is 29.0. The van der Waals surface area contributed by atoms with E-state index >= 15 is 0 Å². The highest BCUT2D eigenvalue weighted by atomic mass is 15.1. The molecule has 44 heavy (non-hydrogen) atoms. The van der Waals surface area contributed by atoms with E-state index < -0.39 is 0 Å². The summed E-state index contributed by atoms with van der Waals surface area (Å²) >= 11 is 0. The molecule has 0 aliphatic carbocycles. The summed E-state index contributed by atoms with van der Waals surface area (Å²) < 4.78 is 4.65. The van der Waals surface area contributed by atoms with E-state index in [-0.39, 0.29) is 0 Å². The van der Waals surface area contributed by atoms with Gasteiger partial charge in [0, 0.05) is 44.6 Å². The molecule has 0 N–H and O–H groups in total. The van der Waals surface area contributed by atoms with E-state index in [1.165, 1.54) is 32.6 Å². The molecule has 9 rings (SSSR count). The predicted octanol–water partition coefficient (Wildman–Crippen LogP) is 10.0. The molecule has 0 spiro atoms. The van der Waals surface area contributed by atoms with Crippen LogP contribution in [-0.2, 0) is 0 Å². The van der Waals surface area contributed by atoms with Crippen molar-refractivity contribution >= 4 is 43.6 Å². The van der Waals surface area contributed by atoms with Gasteiger partial charge in [-0.15, -0.1) is 0 Å². The lowest BCUT2D eigenvalue weighted by molar-refractivity contribution is 1.08. The number of nitrogens with zero attached hydrogens (tertiary/aromatic N) is 4. The van der Waals surface area contributed by atoms with Gasteiger partial charge in [0.05, 0.1) is 33.5 Å². The standard InChI is InChI=1S/C40H26N4/c1-2-11-27(12-3-1)34-23-21-28(26-41-34)35-16-10-20-40(42-35)44-38-19-9-6-15-32(38)33-25-29(22-24-39(33)44)43-36-17-7-4-13-30(36)31-14-5-8-18-37(31)43/h1-26H. The Morgan fingerprint density at radius 3 is 1.68 bits per heavy atom. The first kappa shape index (κ1) is 24.6. The Hall–Kier alpha value is -6.00. The van der Waals surface area contributed by atoms with E-state index in [1.54, 1.807) is 0 Å². The number of hydrogen-bond acceptors (Lipinski definition) is 2. The van der Waals surface area contributed by atoms with Crippen LogP contribution < -0.4 is 0 Å². The number of pyridine rings is 2. The first-order valence-electron chi connectivity index (χ1n) is 14.8. The Labute approximate surface area is 254 Å². The normalized spacial score (nSPS) is 11.6. The molecule has 0 radical (unpaired) electrons. The lowest BCUT2D eigenvalue weighted by atomic mass is 10.1. The van der Waals surface area contributed by atoms with Crippen LogP contribution in [0.5, 0.6) is 0 Å². The van der Waals surface area contributed by atoms with Crippen molar-refractivity contribution in [2.45, 2.75) is 0 Å². The number of rotatable bonds is 4. The molecule has 0 atom stereocenters. The van der Waals surface area contributed by atoms with Crippen molar-refractivity contribution in [1.29, 1.82) is 0 Å². The maximum atomic E-state index is 5.16. The maximum Gasteiger partial charge on any atom is 0.138 e. The van der Waals surface area contributed by atoms with Crippen molar-refractivity contribution in [2.75, 3.05) is 0 Å². The summed E-state index contributed by atoms with van der Waals surface area (Å²) in [6.45, 7) is 0. The molecule has 0 fully saturated rings. The third kappa shape index (κ3) is 3.78. The van der Waals surface area contributed by atoms with Crippen LogP contribution in [0.25, 0.3) is 77.6 Å². The van der Waals surface area contributed by atoms with Gasteiger partial charge in [-0.1, -0.05) is 91.0 Å². The first-order valence-corrected chi connectivity index (χ1v) is 14.8. The Morgan fingerprint density at radius 2 is 1.00 bits per heavy atom. The highest BCUT2D eigenvalue weighted by molar-refractivity contribution is 6.12. The number of fused-ring (bicyclic) bond motifs is 6. The van der Waals surface area contributed by atoms with Gasteiger partial charge >= 0.3 is 0 Å². The second-order valence-electron chi connectivity index (χ2n) is 11.1. The highest BCUT2D eigenvalue weighted by Gasteiger charge is 2.17. The van der Waals surface area contributed by atoms with Crippen LogP contribution in [0.3, 0.4) is 0 Å². The fourth-order valence-corrected chi connectivity index (χ4v) is 6.58. The van der Waals surface area contributed by atoms with Crippen LogP contribution in [0.2, 0.25) is 0 Å². The summed E-state index contributed by atoms with van der Waals surface area (Å²) in [4.78, 5) is 9.91.